The first-order chi connectivity index (χ1) is 11.4. The number of rotatable bonds is 5. The maximum atomic E-state index is 13.2. The highest BCUT2D eigenvalue weighted by Gasteiger charge is 2.18. The van der Waals surface area contributed by atoms with Crippen LogP contribution < -0.4 is 5.32 Å². The molecule has 4 nitrogen and oxygen atoms in total. The van der Waals surface area contributed by atoms with Crippen LogP contribution in [0.3, 0.4) is 0 Å². The first-order valence-electron chi connectivity index (χ1n) is 7.04. The monoisotopic (exact) mass is 353 g/mol. The van der Waals surface area contributed by atoms with Crippen LogP contribution in [0.5, 0.6) is 0 Å². The van der Waals surface area contributed by atoms with Crippen LogP contribution in [0, 0.1) is 11.6 Å². The van der Waals surface area contributed by atoms with Crippen molar-refractivity contribution in [1.82, 2.24) is 5.32 Å². The molecule has 0 aliphatic rings. The van der Waals surface area contributed by atoms with Gasteiger partial charge in [0.05, 0.1) is 16.6 Å². The Morgan fingerprint density at radius 2 is 1.79 bits per heavy atom. The minimum Gasteiger partial charge on any atom is -0.452 e. The summed E-state index contributed by atoms with van der Waals surface area (Å²) in [5.41, 5.74) is 0.542. The molecule has 2 rings (SSSR count). The molecule has 0 aliphatic heterocycles. The number of benzene rings is 2. The number of amides is 1. The normalized spacial score (nSPS) is 11.7. The molecule has 0 fully saturated rings. The Morgan fingerprint density at radius 3 is 2.46 bits per heavy atom. The third kappa shape index (κ3) is 4.52. The molecule has 1 amide bonds. The molecule has 1 N–H and O–H groups in total. The van der Waals surface area contributed by atoms with Gasteiger partial charge in [0.25, 0.3) is 5.91 Å². The Hall–Kier alpha value is -2.47. The molecule has 1 atom stereocenters. The van der Waals surface area contributed by atoms with Crippen LogP contribution in [0.4, 0.5) is 8.78 Å². The van der Waals surface area contributed by atoms with Crippen molar-refractivity contribution in [2.24, 2.45) is 0 Å². The summed E-state index contributed by atoms with van der Waals surface area (Å²) in [6.45, 7) is 1.21. The lowest BCUT2D eigenvalue weighted by atomic mass is 10.1. The number of hydrogen-bond acceptors (Lipinski definition) is 3. The average Bonchev–Trinajstić information content (AvgIpc) is 2.56. The summed E-state index contributed by atoms with van der Waals surface area (Å²) in [7, 11) is 0. The standard InChI is InChI=1S/C17H14ClF2NO3/c1-10(11-5-3-2-4-6-11)21-16(22)9-24-17(23)12-7-14(19)15(20)8-13(12)18/h2-8,10H,9H2,1H3,(H,21,22)/t10-/m0/s1. The highest BCUT2D eigenvalue weighted by Crippen LogP contribution is 2.20. The van der Waals surface area contributed by atoms with Crippen LogP contribution in [0.2, 0.25) is 5.02 Å². The van der Waals surface area contributed by atoms with Gasteiger partial charge in [-0.05, 0) is 24.6 Å². The molecule has 2 aromatic carbocycles. The van der Waals surface area contributed by atoms with Gasteiger partial charge in [-0.1, -0.05) is 41.9 Å². The molecule has 0 aliphatic carbocycles. The third-order valence-corrected chi connectivity index (χ3v) is 3.55. The predicted octanol–water partition coefficient (Wildman–Crippen LogP) is 3.65. The van der Waals surface area contributed by atoms with Crippen LogP contribution in [-0.4, -0.2) is 18.5 Å². The molecule has 2 aromatic rings. The topological polar surface area (TPSA) is 55.4 Å². The van der Waals surface area contributed by atoms with E-state index >= 15 is 0 Å². The van der Waals surface area contributed by atoms with Gasteiger partial charge in [0.1, 0.15) is 0 Å². The summed E-state index contributed by atoms with van der Waals surface area (Å²) in [5.74, 6) is -3.95. The molecular formula is C17H14ClF2NO3. The van der Waals surface area contributed by atoms with Crippen LogP contribution in [0.1, 0.15) is 28.9 Å². The van der Waals surface area contributed by atoms with Crippen molar-refractivity contribution in [3.63, 3.8) is 0 Å². The summed E-state index contributed by atoms with van der Waals surface area (Å²) in [6.07, 6.45) is 0. The van der Waals surface area contributed by atoms with E-state index in [0.29, 0.717) is 12.1 Å². The van der Waals surface area contributed by atoms with Gasteiger partial charge < -0.3 is 10.1 Å². The van der Waals surface area contributed by atoms with Crippen molar-refractivity contribution in [1.29, 1.82) is 0 Å². The average molecular weight is 354 g/mol. The van der Waals surface area contributed by atoms with Gasteiger partial charge >= 0.3 is 5.97 Å². The van der Waals surface area contributed by atoms with E-state index in [1.54, 1.807) is 6.92 Å². The number of carbonyl (C=O) groups excluding carboxylic acids is 2. The molecule has 0 saturated carbocycles. The lowest BCUT2D eigenvalue weighted by Crippen LogP contribution is -2.31. The molecule has 0 spiro atoms. The van der Waals surface area contributed by atoms with Gasteiger partial charge in [0.2, 0.25) is 0 Å². The van der Waals surface area contributed by atoms with E-state index in [9.17, 15) is 18.4 Å². The van der Waals surface area contributed by atoms with Crippen molar-refractivity contribution in [3.05, 3.63) is 70.2 Å². The molecule has 0 heterocycles. The van der Waals surface area contributed by atoms with Gasteiger partial charge in [0, 0.05) is 0 Å². The minimum atomic E-state index is -1.23. The van der Waals surface area contributed by atoms with Crippen LogP contribution in [0.25, 0.3) is 0 Å². The second-order valence-corrected chi connectivity index (χ2v) is 5.43. The number of hydrogen-bond donors (Lipinski definition) is 1. The van der Waals surface area contributed by atoms with Crippen molar-refractivity contribution in [2.75, 3.05) is 6.61 Å². The highest BCUT2D eigenvalue weighted by molar-refractivity contribution is 6.33. The zero-order valence-electron chi connectivity index (χ0n) is 12.7. The quantitative estimate of drug-likeness (QED) is 0.659. The van der Waals surface area contributed by atoms with Gasteiger partial charge in [0.15, 0.2) is 18.2 Å². The van der Waals surface area contributed by atoms with Crippen molar-refractivity contribution >= 4 is 23.5 Å². The molecule has 0 aromatic heterocycles. The summed E-state index contributed by atoms with van der Waals surface area (Å²) >= 11 is 5.67. The van der Waals surface area contributed by atoms with Crippen LogP contribution in [0.15, 0.2) is 42.5 Å². The van der Waals surface area contributed by atoms with Gasteiger partial charge in [-0.2, -0.15) is 0 Å². The second kappa shape index (κ2) is 7.88. The van der Waals surface area contributed by atoms with Gasteiger partial charge in [-0.3, -0.25) is 4.79 Å². The molecule has 0 bridgehead atoms. The summed E-state index contributed by atoms with van der Waals surface area (Å²) < 4.78 is 30.9. The summed E-state index contributed by atoms with van der Waals surface area (Å²) in [5, 5.41) is 2.36. The smallest absolute Gasteiger partial charge is 0.340 e. The molecule has 126 valence electrons. The van der Waals surface area contributed by atoms with Gasteiger partial charge in [-0.15, -0.1) is 0 Å². The van der Waals surface area contributed by atoms with Gasteiger partial charge in [-0.25, -0.2) is 13.6 Å². The SMILES string of the molecule is C[C@H](NC(=O)COC(=O)c1cc(F)c(F)cc1Cl)c1ccccc1. The fourth-order valence-electron chi connectivity index (χ4n) is 2.00. The maximum Gasteiger partial charge on any atom is 0.340 e. The molecule has 0 unspecified atom stereocenters. The zero-order chi connectivity index (χ0) is 17.7. The second-order valence-electron chi connectivity index (χ2n) is 5.02. The molecule has 7 heteroatoms. The third-order valence-electron chi connectivity index (χ3n) is 3.24. The van der Waals surface area contributed by atoms with E-state index < -0.39 is 30.1 Å². The van der Waals surface area contributed by atoms with E-state index in [-0.39, 0.29) is 16.6 Å². The summed E-state index contributed by atoms with van der Waals surface area (Å²) in [6, 6.07) is 10.2. The Balaban J connectivity index is 1.92. The van der Waals surface area contributed by atoms with Crippen molar-refractivity contribution < 1.29 is 23.1 Å². The summed E-state index contributed by atoms with van der Waals surface area (Å²) in [4.78, 5) is 23.6. The van der Waals surface area contributed by atoms with Crippen molar-refractivity contribution in [3.8, 4) is 0 Å². The lowest BCUT2D eigenvalue weighted by Gasteiger charge is -2.14. The number of ether oxygens (including phenoxy) is 1. The van der Waals surface area contributed by atoms with Crippen LogP contribution in [-0.2, 0) is 9.53 Å². The minimum absolute atomic E-state index is 0.274. The number of esters is 1. The van der Waals surface area contributed by atoms with E-state index in [1.807, 2.05) is 30.3 Å². The maximum absolute atomic E-state index is 13.2. The Bertz CT molecular complexity index is 753. The number of carbonyl (C=O) groups is 2. The highest BCUT2D eigenvalue weighted by atomic mass is 35.5. The fraction of sp³-hybridized carbons (Fsp3) is 0.176. The van der Waals surface area contributed by atoms with Crippen molar-refractivity contribution in [2.45, 2.75) is 13.0 Å². The first kappa shape index (κ1) is 17.9. The largest absolute Gasteiger partial charge is 0.452 e. The Labute approximate surface area is 142 Å². The lowest BCUT2D eigenvalue weighted by molar-refractivity contribution is -0.124. The van der Waals surface area contributed by atoms with E-state index in [0.717, 1.165) is 5.56 Å². The predicted molar refractivity (Wildman–Crippen MR) is 84.7 cm³/mol. The molecule has 0 saturated heterocycles. The number of nitrogens with one attached hydrogen (secondary N) is 1. The van der Waals surface area contributed by atoms with E-state index in [1.165, 1.54) is 0 Å². The molecule has 0 radical (unpaired) electrons. The molecule has 24 heavy (non-hydrogen) atoms. The molecular weight excluding hydrogens is 340 g/mol. The van der Waals surface area contributed by atoms with Crippen LogP contribution >= 0.6 is 11.6 Å². The zero-order valence-corrected chi connectivity index (χ0v) is 13.4. The van der Waals surface area contributed by atoms with E-state index in [4.69, 9.17) is 16.3 Å². The number of halogens is 3. The van der Waals surface area contributed by atoms with E-state index in [2.05, 4.69) is 5.32 Å². The first-order valence-corrected chi connectivity index (χ1v) is 7.42. The Morgan fingerprint density at radius 1 is 1.17 bits per heavy atom. The fourth-order valence-corrected chi connectivity index (χ4v) is 2.22. The Kier molecular flexibility index (Phi) is 5.87.